The summed E-state index contributed by atoms with van der Waals surface area (Å²) in [5.74, 6) is -0.630. The van der Waals surface area contributed by atoms with E-state index in [0.717, 1.165) is 0 Å². The molecule has 0 spiro atoms. The van der Waals surface area contributed by atoms with E-state index in [1.54, 1.807) is 0 Å². The lowest BCUT2D eigenvalue weighted by atomic mass is 10.1. The average Bonchev–Trinajstić information content (AvgIpc) is 2.64. The molecular weight excluding hydrogens is 247 g/mol. The predicted octanol–water partition coefficient (Wildman–Crippen LogP) is 1.27. The monoisotopic (exact) mass is 256 g/mol. The van der Waals surface area contributed by atoms with Crippen LogP contribution in [0.15, 0.2) is 34.9 Å². The third kappa shape index (κ3) is 3.11. The Labute approximate surface area is 97.1 Å². The summed E-state index contributed by atoms with van der Waals surface area (Å²) in [5, 5.41) is 8.55. The highest BCUT2D eigenvalue weighted by Crippen LogP contribution is 2.20. The molecule has 1 heterocycles. The second-order valence-electron chi connectivity index (χ2n) is 3.49. The smallest absolute Gasteiger partial charge is 0.216 e. The number of primary sulfonamides is 1. The third-order valence-corrected chi connectivity index (χ3v) is 2.73. The van der Waals surface area contributed by atoms with Crippen molar-refractivity contribution in [1.82, 2.24) is 5.16 Å². The van der Waals surface area contributed by atoms with Gasteiger partial charge in [0.15, 0.2) is 5.76 Å². The van der Waals surface area contributed by atoms with Crippen LogP contribution in [-0.4, -0.2) is 13.6 Å². The van der Waals surface area contributed by atoms with E-state index in [4.69, 9.17) is 9.66 Å². The molecule has 0 aliphatic rings. The first-order valence-corrected chi connectivity index (χ1v) is 6.37. The standard InChI is InChI=1S/C10H9FN2O3S/c11-8-3-1-7(2-4-8)10-5-9(16-13-10)6-17(12,14)15/h1-5H,6H2,(H2,12,14,15). The molecule has 0 fully saturated rings. The SMILES string of the molecule is NS(=O)(=O)Cc1cc(-c2ccc(F)cc2)no1. The lowest BCUT2D eigenvalue weighted by molar-refractivity contribution is 0.395. The van der Waals surface area contributed by atoms with Crippen molar-refractivity contribution in [1.29, 1.82) is 0 Å². The molecule has 0 saturated heterocycles. The molecule has 1 aromatic heterocycles. The number of sulfonamides is 1. The zero-order chi connectivity index (χ0) is 12.5. The van der Waals surface area contributed by atoms with Gasteiger partial charge in [0.05, 0.1) is 0 Å². The average molecular weight is 256 g/mol. The fourth-order valence-electron chi connectivity index (χ4n) is 1.34. The summed E-state index contributed by atoms with van der Waals surface area (Å²) >= 11 is 0. The molecule has 0 unspecified atom stereocenters. The molecular formula is C10H9FN2O3S. The molecule has 0 aliphatic carbocycles. The normalized spacial score (nSPS) is 11.6. The Balaban J connectivity index is 2.27. The number of nitrogens with two attached hydrogens (primary N) is 1. The summed E-state index contributed by atoms with van der Waals surface area (Å²) in [6.45, 7) is 0. The minimum Gasteiger partial charge on any atom is -0.360 e. The third-order valence-electron chi connectivity index (χ3n) is 2.04. The van der Waals surface area contributed by atoms with Gasteiger partial charge in [0.1, 0.15) is 17.3 Å². The number of hydrogen-bond donors (Lipinski definition) is 1. The minimum atomic E-state index is -3.65. The molecule has 2 aromatic rings. The number of hydrogen-bond acceptors (Lipinski definition) is 4. The summed E-state index contributed by atoms with van der Waals surface area (Å²) in [7, 11) is -3.65. The van der Waals surface area contributed by atoms with Crippen LogP contribution in [0.4, 0.5) is 4.39 Å². The van der Waals surface area contributed by atoms with Crippen LogP contribution >= 0.6 is 0 Å². The largest absolute Gasteiger partial charge is 0.360 e. The lowest BCUT2D eigenvalue weighted by Crippen LogP contribution is -2.13. The molecule has 2 N–H and O–H groups in total. The van der Waals surface area contributed by atoms with Gasteiger partial charge in [-0.05, 0) is 24.3 Å². The van der Waals surface area contributed by atoms with Crippen molar-refractivity contribution in [2.45, 2.75) is 5.75 Å². The van der Waals surface area contributed by atoms with Crippen LogP contribution in [-0.2, 0) is 15.8 Å². The number of halogens is 1. The van der Waals surface area contributed by atoms with Crippen LogP contribution in [0.5, 0.6) is 0 Å². The highest BCUT2D eigenvalue weighted by atomic mass is 32.2. The van der Waals surface area contributed by atoms with Crippen molar-refractivity contribution < 1.29 is 17.3 Å². The fraction of sp³-hybridized carbons (Fsp3) is 0.100. The molecule has 0 amide bonds. The van der Waals surface area contributed by atoms with E-state index in [1.807, 2.05) is 0 Å². The topological polar surface area (TPSA) is 86.2 Å². The predicted molar refractivity (Wildman–Crippen MR) is 58.7 cm³/mol. The number of aromatic nitrogens is 1. The molecule has 5 nitrogen and oxygen atoms in total. The van der Waals surface area contributed by atoms with Gasteiger partial charge in [0, 0.05) is 11.6 Å². The van der Waals surface area contributed by atoms with Gasteiger partial charge in [-0.25, -0.2) is 17.9 Å². The van der Waals surface area contributed by atoms with E-state index in [0.29, 0.717) is 11.3 Å². The molecule has 90 valence electrons. The van der Waals surface area contributed by atoms with E-state index >= 15 is 0 Å². The molecule has 0 saturated carbocycles. The van der Waals surface area contributed by atoms with Gasteiger partial charge in [0.25, 0.3) is 0 Å². The molecule has 1 aromatic carbocycles. The summed E-state index contributed by atoms with van der Waals surface area (Å²) < 4.78 is 39.2. The fourth-order valence-corrected chi connectivity index (χ4v) is 1.87. The first-order chi connectivity index (χ1) is 7.94. The highest BCUT2D eigenvalue weighted by molar-refractivity contribution is 7.88. The van der Waals surface area contributed by atoms with Crippen LogP contribution in [0.25, 0.3) is 11.3 Å². The quantitative estimate of drug-likeness (QED) is 0.895. The molecule has 0 radical (unpaired) electrons. The molecule has 0 atom stereocenters. The van der Waals surface area contributed by atoms with E-state index in [-0.39, 0.29) is 11.6 Å². The second kappa shape index (κ2) is 4.27. The van der Waals surface area contributed by atoms with Crippen molar-refractivity contribution in [2.75, 3.05) is 0 Å². The van der Waals surface area contributed by atoms with Crippen molar-refractivity contribution in [2.24, 2.45) is 5.14 Å². The van der Waals surface area contributed by atoms with E-state index in [1.165, 1.54) is 30.3 Å². The number of rotatable bonds is 3. The Kier molecular flexibility index (Phi) is 2.95. The Bertz CT molecular complexity index is 619. The van der Waals surface area contributed by atoms with Gasteiger partial charge >= 0.3 is 0 Å². The van der Waals surface area contributed by atoms with Crippen molar-refractivity contribution in [3.8, 4) is 11.3 Å². The summed E-state index contributed by atoms with van der Waals surface area (Å²) in [6, 6.07) is 7.06. The number of nitrogens with zero attached hydrogens (tertiary/aromatic N) is 1. The Morgan fingerprint density at radius 3 is 2.53 bits per heavy atom. The Morgan fingerprint density at radius 2 is 1.94 bits per heavy atom. The molecule has 0 aliphatic heterocycles. The van der Waals surface area contributed by atoms with Gasteiger partial charge in [-0.2, -0.15) is 0 Å². The molecule has 2 rings (SSSR count). The first kappa shape index (κ1) is 11.7. The van der Waals surface area contributed by atoms with Gasteiger partial charge in [-0.1, -0.05) is 5.16 Å². The van der Waals surface area contributed by atoms with Gasteiger partial charge in [0.2, 0.25) is 10.0 Å². The molecule has 17 heavy (non-hydrogen) atoms. The van der Waals surface area contributed by atoms with Crippen molar-refractivity contribution >= 4 is 10.0 Å². The summed E-state index contributed by atoms with van der Waals surface area (Å²) in [5.41, 5.74) is 1.07. The zero-order valence-corrected chi connectivity index (χ0v) is 9.45. The maximum absolute atomic E-state index is 12.7. The van der Waals surface area contributed by atoms with E-state index in [9.17, 15) is 12.8 Å². The minimum absolute atomic E-state index is 0.145. The van der Waals surface area contributed by atoms with E-state index in [2.05, 4.69) is 5.16 Å². The van der Waals surface area contributed by atoms with Gasteiger partial charge in [-0.3, -0.25) is 0 Å². The van der Waals surface area contributed by atoms with Crippen molar-refractivity contribution in [3.63, 3.8) is 0 Å². The van der Waals surface area contributed by atoms with Crippen molar-refractivity contribution in [3.05, 3.63) is 41.9 Å². The highest BCUT2D eigenvalue weighted by Gasteiger charge is 2.12. The summed E-state index contributed by atoms with van der Waals surface area (Å²) in [4.78, 5) is 0. The van der Waals surface area contributed by atoms with Gasteiger partial charge in [-0.15, -0.1) is 0 Å². The summed E-state index contributed by atoms with van der Waals surface area (Å²) in [6.07, 6.45) is 0. The van der Waals surface area contributed by atoms with Crippen LogP contribution in [0, 0.1) is 5.82 Å². The lowest BCUT2D eigenvalue weighted by Gasteiger charge is -1.93. The van der Waals surface area contributed by atoms with Crippen LogP contribution in [0.1, 0.15) is 5.76 Å². The Hall–Kier alpha value is -1.73. The maximum atomic E-state index is 12.7. The Morgan fingerprint density at radius 1 is 1.29 bits per heavy atom. The van der Waals surface area contributed by atoms with E-state index < -0.39 is 15.8 Å². The van der Waals surface area contributed by atoms with Crippen LogP contribution in [0.3, 0.4) is 0 Å². The van der Waals surface area contributed by atoms with Gasteiger partial charge < -0.3 is 4.52 Å². The second-order valence-corrected chi connectivity index (χ2v) is 5.11. The zero-order valence-electron chi connectivity index (χ0n) is 8.63. The molecule has 0 bridgehead atoms. The van der Waals surface area contributed by atoms with Crippen LogP contribution < -0.4 is 5.14 Å². The maximum Gasteiger partial charge on any atom is 0.216 e. The number of benzene rings is 1. The first-order valence-electron chi connectivity index (χ1n) is 4.66. The van der Waals surface area contributed by atoms with Crippen LogP contribution in [0.2, 0.25) is 0 Å². The molecule has 7 heteroatoms.